The molecular weight excluding hydrogens is 372 g/mol. The van der Waals surface area contributed by atoms with E-state index in [1.54, 1.807) is 6.92 Å². The van der Waals surface area contributed by atoms with Crippen LogP contribution in [0.25, 0.3) is 12.2 Å². The molecule has 0 fully saturated rings. The summed E-state index contributed by atoms with van der Waals surface area (Å²) in [6, 6.07) is 18.2. The SMILES string of the molecule is C=C(C)C(=O)OCCCCCCN(C)c1ccc(/C=C/c2ccc(C#N)cc2)cc1. The van der Waals surface area contributed by atoms with Gasteiger partial charge in [-0.15, -0.1) is 0 Å². The Kier molecular flexibility index (Phi) is 9.40. The molecule has 0 saturated carbocycles. The summed E-state index contributed by atoms with van der Waals surface area (Å²) in [7, 11) is 2.11. The van der Waals surface area contributed by atoms with Gasteiger partial charge in [-0.2, -0.15) is 5.26 Å². The number of carbonyl (C=O) groups is 1. The Morgan fingerprint density at radius 3 is 2.13 bits per heavy atom. The molecule has 0 spiro atoms. The van der Waals surface area contributed by atoms with Crippen molar-refractivity contribution >= 4 is 23.8 Å². The predicted octanol–water partition coefficient (Wildman–Crippen LogP) is 5.84. The van der Waals surface area contributed by atoms with Crippen molar-refractivity contribution in [2.75, 3.05) is 25.1 Å². The van der Waals surface area contributed by atoms with Crippen molar-refractivity contribution in [2.45, 2.75) is 32.6 Å². The minimum atomic E-state index is -0.301. The van der Waals surface area contributed by atoms with Crippen LogP contribution in [0.15, 0.2) is 60.7 Å². The first kappa shape index (κ1) is 23.0. The van der Waals surface area contributed by atoms with E-state index in [0.717, 1.165) is 43.4 Å². The molecule has 0 N–H and O–H groups in total. The van der Waals surface area contributed by atoms with Crippen molar-refractivity contribution in [3.63, 3.8) is 0 Å². The number of hydrogen-bond acceptors (Lipinski definition) is 4. The molecule has 0 aliphatic heterocycles. The molecule has 0 aliphatic carbocycles. The van der Waals surface area contributed by atoms with Crippen LogP contribution in [0.3, 0.4) is 0 Å². The molecule has 0 atom stereocenters. The van der Waals surface area contributed by atoms with Gasteiger partial charge < -0.3 is 9.64 Å². The van der Waals surface area contributed by atoms with Gasteiger partial charge in [0.2, 0.25) is 0 Å². The second kappa shape index (κ2) is 12.3. The van der Waals surface area contributed by atoms with Gasteiger partial charge in [-0.1, -0.05) is 49.4 Å². The number of unbranched alkanes of at least 4 members (excludes halogenated alkanes) is 3. The number of carbonyl (C=O) groups excluding carboxylic acids is 1. The minimum Gasteiger partial charge on any atom is -0.462 e. The van der Waals surface area contributed by atoms with E-state index in [1.165, 1.54) is 5.69 Å². The van der Waals surface area contributed by atoms with Crippen molar-refractivity contribution in [1.82, 2.24) is 0 Å². The summed E-state index contributed by atoms with van der Waals surface area (Å²) in [6.07, 6.45) is 8.28. The van der Waals surface area contributed by atoms with Crippen LogP contribution in [0.2, 0.25) is 0 Å². The van der Waals surface area contributed by atoms with Gasteiger partial charge in [0.1, 0.15) is 0 Å². The van der Waals surface area contributed by atoms with Crippen molar-refractivity contribution < 1.29 is 9.53 Å². The van der Waals surface area contributed by atoms with Crippen LogP contribution in [-0.4, -0.2) is 26.2 Å². The Balaban J connectivity index is 1.69. The topological polar surface area (TPSA) is 53.3 Å². The van der Waals surface area contributed by atoms with E-state index in [1.807, 2.05) is 30.3 Å². The minimum absolute atomic E-state index is 0.301. The predicted molar refractivity (Wildman–Crippen MR) is 124 cm³/mol. The summed E-state index contributed by atoms with van der Waals surface area (Å²) in [5, 5.41) is 8.85. The molecule has 0 saturated heterocycles. The van der Waals surface area contributed by atoms with E-state index in [0.29, 0.717) is 17.7 Å². The molecule has 0 unspecified atom stereocenters. The summed E-state index contributed by atoms with van der Waals surface area (Å²) in [6.45, 7) is 6.70. The van der Waals surface area contributed by atoms with Crippen molar-refractivity contribution in [1.29, 1.82) is 5.26 Å². The third-order valence-electron chi connectivity index (χ3n) is 4.81. The van der Waals surface area contributed by atoms with E-state index >= 15 is 0 Å². The maximum Gasteiger partial charge on any atom is 0.333 e. The number of anilines is 1. The second-order valence-corrected chi connectivity index (χ2v) is 7.41. The third kappa shape index (κ3) is 7.97. The zero-order valence-electron chi connectivity index (χ0n) is 17.9. The molecule has 4 heteroatoms. The highest BCUT2D eigenvalue weighted by atomic mass is 16.5. The molecule has 4 nitrogen and oxygen atoms in total. The van der Waals surface area contributed by atoms with Gasteiger partial charge in [0.15, 0.2) is 0 Å². The summed E-state index contributed by atoms with van der Waals surface area (Å²) < 4.78 is 5.10. The molecule has 0 radical (unpaired) electrons. The highest BCUT2D eigenvalue weighted by Crippen LogP contribution is 2.17. The molecule has 0 heterocycles. The van der Waals surface area contributed by atoms with Gasteiger partial charge in [-0.05, 0) is 61.6 Å². The van der Waals surface area contributed by atoms with Crippen LogP contribution in [-0.2, 0) is 9.53 Å². The highest BCUT2D eigenvalue weighted by molar-refractivity contribution is 5.86. The number of rotatable bonds is 11. The number of hydrogen-bond donors (Lipinski definition) is 0. The van der Waals surface area contributed by atoms with Crippen LogP contribution >= 0.6 is 0 Å². The largest absolute Gasteiger partial charge is 0.462 e. The first-order chi connectivity index (χ1) is 14.5. The third-order valence-corrected chi connectivity index (χ3v) is 4.81. The first-order valence-corrected chi connectivity index (χ1v) is 10.3. The summed E-state index contributed by atoms with van der Waals surface area (Å²) in [4.78, 5) is 13.6. The van der Waals surface area contributed by atoms with Gasteiger partial charge in [-0.25, -0.2) is 4.79 Å². The molecule has 30 heavy (non-hydrogen) atoms. The number of esters is 1. The number of nitrogens with zero attached hydrogens (tertiary/aromatic N) is 2. The van der Waals surface area contributed by atoms with Gasteiger partial charge >= 0.3 is 5.97 Å². The summed E-state index contributed by atoms with van der Waals surface area (Å²) in [5.41, 5.74) is 4.53. The smallest absolute Gasteiger partial charge is 0.333 e. The summed E-state index contributed by atoms with van der Waals surface area (Å²) >= 11 is 0. The normalized spacial score (nSPS) is 10.6. The Morgan fingerprint density at radius 1 is 1.00 bits per heavy atom. The number of nitriles is 1. The molecular formula is C26H30N2O2. The molecule has 0 amide bonds. The van der Waals surface area contributed by atoms with E-state index < -0.39 is 0 Å². The maximum atomic E-state index is 11.3. The summed E-state index contributed by atoms with van der Waals surface area (Å²) in [5.74, 6) is -0.301. The first-order valence-electron chi connectivity index (χ1n) is 10.3. The monoisotopic (exact) mass is 402 g/mol. The fourth-order valence-electron chi connectivity index (χ4n) is 2.92. The zero-order chi connectivity index (χ0) is 21.8. The average Bonchev–Trinajstić information content (AvgIpc) is 2.77. The van der Waals surface area contributed by atoms with E-state index in [4.69, 9.17) is 10.00 Å². The lowest BCUT2D eigenvalue weighted by molar-refractivity contribution is -0.139. The van der Waals surface area contributed by atoms with E-state index in [-0.39, 0.29) is 5.97 Å². The van der Waals surface area contributed by atoms with E-state index in [9.17, 15) is 4.79 Å². The molecule has 2 aromatic carbocycles. The molecule has 2 rings (SSSR count). The fraction of sp³-hybridized carbons (Fsp3) is 0.308. The average molecular weight is 403 g/mol. The Bertz CT molecular complexity index is 890. The zero-order valence-corrected chi connectivity index (χ0v) is 17.9. The van der Waals surface area contributed by atoms with E-state index in [2.05, 4.69) is 54.9 Å². The molecule has 2 aromatic rings. The lowest BCUT2D eigenvalue weighted by Crippen LogP contribution is -2.18. The molecule has 0 bridgehead atoms. The molecule has 0 aliphatic rings. The number of benzene rings is 2. The van der Waals surface area contributed by atoms with Crippen LogP contribution < -0.4 is 4.90 Å². The van der Waals surface area contributed by atoms with Crippen LogP contribution in [0.1, 0.15) is 49.3 Å². The highest BCUT2D eigenvalue weighted by Gasteiger charge is 2.03. The second-order valence-electron chi connectivity index (χ2n) is 7.41. The Hall–Kier alpha value is -3.32. The van der Waals surface area contributed by atoms with Gasteiger partial charge in [0.25, 0.3) is 0 Å². The van der Waals surface area contributed by atoms with Crippen molar-refractivity contribution in [3.05, 3.63) is 77.4 Å². The van der Waals surface area contributed by atoms with Gasteiger partial charge in [0, 0.05) is 24.9 Å². The number of ether oxygens (including phenoxy) is 1. The lowest BCUT2D eigenvalue weighted by Gasteiger charge is -2.19. The standard InChI is InChI=1S/C26H30N2O2/c1-21(2)26(29)30-19-7-5-4-6-18-28(3)25-16-14-23(15-17-25)9-8-22-10-12-24(20-27)13-11-22/h8-17H,1,4-7,18-19H2,2-3H3/b9-8+. The van der Waals surface area contributed by atoms with Crippen LogP contribution in [0.4, 0.5) is 5.69 Å². The Labute approximate surface area is 180 Å². The molecule has 156 valence electrons. The Morgan fingerprint density at radius 2 is 1.57 bits per heavy atom. The maximum absolute atomic E-state index is 11.3. The van der Waals surface area contributed by atoms with Gasteiger partial charge in [-0.3, -0.25) is 0 Å². The lowest BCUT2D eigenvalue weighted by atomic mass is 10.1. The molecule has 0 aromatic heterocycles. The van der Waals surface area contributed by atoms with Gasteiger partial charge in [0.05, 0.1) is 18.2 Å². The van der Waals surface area contributed by atoms with Crippen LogP contribution in [0, 0.1) is 11.3 Å². The van der Waals surface area contributed by atoms with Crippen molar-refractivity contribution in [2.24, 2.45) is 0 Å². The van der Waals surface area contributed by atoms with Crippen molar-refractivity contribution in [3.8, 4) is 6.07 Å². The quantitative estimate of drug-likeness (QED) is 0.205. The fourth-order valence-corrected chi connectivity index (χ4v) is 2.92. The van der Waals surface area contributed by atoms with Crippen LogP contribution in [0.5, 0.6) is 0 Å².